The quantitative estimate of drug-likeness (QED) is 0.720. The molecule has 2 fully saturated rings. The monoisotopic (exact) mass is 311 g/mol. The van der Waals surface area contributed by atoms with Gasteiger partial charge in [0.25, 0.3) is 5.91 Å². The van der Waals surface area contributed by atoms with Crippen LogP contribution < -0.4 is 0 Å². The van der Waals surface area contributed by atoms with Crippen molar-refractivity contribution in [2.45, 2.75) is 45.2 Å². The first-order valence-electron chi connectivity index (χ1n) is 8.16. The van der Waals surface area contributed by atoms with Crippen LogP contribution in [0.3, 0.4) is 0 Å². The summed E-state index contributed by atoms with van der Waals surface area (Å²) in [5, 5.41) is 0. The first kappa shape index (κ1) is 17.2. The summed E-state index contributed by atoms with van der Waals surface area (Å²) in [7, 11) is 3.48. The number of rotatable bonds is 5. The highest BCUT2D eigenvalue weighted by atomic mass is 16.5. The Hall–Kier alpha value is -1.14. The lowest BCUT2D eigenvalue weighted by molar-refractivity contribution is -0.136. The molecule has 0 aromatic rings. The van der Waals surface area contributed by atoms with Crippen LogP contribution in [0.2, 0.25) is 0 Å². The fourth-order valence-corrected chi connectivity index (χ4v) is 3.60. The third kappa shape index (κ3) is 2.86. The molecule has 2 aliphatic rings. The van der Waals surface area contributed by atoms with Crippen molar-refractivity contribution < 1.29 is 14.3 Å². The van der Waals surface area contributed by atoms with Crippen LogP contribution in [0.15, 0.2) is 0 Å². The number of methoxy groups -OCH3 is 1. The largest absolute Gasteiger partial charge is 0.383 e. The van der Waals surface area contributed by atoms with E-state index in [2.05, 4.69) is 11.8 Å². The van der Waals surface area contributed by atoms with Gasteiger partial charge in [0, 0.05) is 39.8 Å². The topological polar surface area (TPSA) is 53.1 Å². The molecule has 126 valence electrons. The van der Waals surface area contributed by atoms with Crippen molar-refractivity contribution in [2.75, 3.05) is 40.4 Å². The summed E-state index contributed by atoms with van der Waals surface area (Å²) in [5.41, 5.74) is -0.630. The Morgan fingerprint density at radius 3 is 2.27 bits per heavy atom. The summed E-state index contributed by atoms with van der Waals surface area (Å²) < 4.78 is 5.21. The van der Waals surface area contributed by atoms with Gasteiger partial charge in [0.2, 0.25) is 0 Å². The van der Waals surface area contributed by atoms with Gasteiger partial charge in [0.05, 0.1) is 6.61 Å². The van der Waals surface area contributed by atoms with Gasteiger partial charge in [-0.05, 0) is 25.7 Å². The van der Waals surface area contributed by atoms with Gasteiger partial charge in [-0.25, -0.2) is 4.79 Å². The number of likely N-dealkylation sites (N-methyl/N-ethyl adjacent to an activating group) is 1. The van der Waals surface area contributed by atoms with Crippen LogP contribution in [0, 0.1) is 5.92 Å². The number of hydrogen-bond donors (Lipinski definition) is 0. The van der Waals surface area contributed by atoms with Crippen molar-refractivity contribution in [3.8, 4) is 0 Å². The molecule has 2 heterocycles. The smallest absolute Gasteiger partial charge is 0.327 e. The predicted molar refractivity (Wildman–Crippen MR) is 84.6 cm³/mol. The SMILES string of the molecule is COCC(C)N1CCC2(CC1)C(=O)N(CC(C)C)C(=O)N2C. The molecule has 0 saturated carbocycles. The fourth-order valence-electron chi connectivity index (χ4n) is 3.60. The van der Waals surface area contributed by atoms with Gasteiger partial charge < -0.3 is 9.64 Å². The van der Waals surface area contributed by atoms with Gasteiger partial charge in [0.15, 0.2) is 0 Å². The van der Waals surface area contributed by atoms with E-state index in [1.165, 1.54) is 4.90 Å². The standard InChI is InChI=1S/C16H29N3O3/c1-12(2)10-19-14(20)16(17(4)15(19)21)6-8-18(9-7-16)13(3)11-22-5/h12-13H,6-11H2,1-5H3. The molecule has 2 aliphatic heterocycles. The van der Waals surface area contributed by atoms with Crippen molar-refractivity contribution in [2.24, 2.45) is 5.92 Å². The van der Waals surface area contributed by atoms with Gasteiger partial charge in [-0.3, -0.25) is 14.6 Å². The molecule has 2 rings (SSSR count). The van der Waals surface area contributed by atoms with E-state index in [4.69, 9.17) is 4.74 Å². The maximum absolute atomic E-state index is 12.9. The summed E-state index contributed by atoms with van der Waals surface area (Å²) >= 11 is 0. The molecule has 1 unspecified atom stereocenters. The summed E-state index contributed by atoms with van der Waals surface area (Å²) in [6.45, 7) is 9.04. The van der Waals surface area contributed by atoms with E-state index >= 15 is 0 Å². The van der Waals surface area contributed by atoms with Gasteiger partial charge in [-0.2, -0.15) is 0 Å². The highest BCUT2D eigenvalue weighted by Gasteiger charge is 2.56. The number of urea groups is 1. The van der Waals surface area contributed by atoms with Gasteiger partial charge in [0.1, 0.15) is 5.54 Å². The van der Waals surface area contributed by atoms with Crippen molar-refractivity contribution in [3.63, 3.8) is 0 Å². The number of likely N-dealkylation sites (tertiary alicyclic amines) is 1. The lowest BCUT2D eigenvalue weighted by Gasteiger charge is -2.42. The number of carbonyl (C=O) groups excluding carboxylic acids is 2. The van der Waals surface area contributed by atoms with Crippen LogP contribution in [0.5, 0.6) is 0 Å². The Morgan fingerprint density at radius 1 is 1.18 bits per heavy atom. The molecule has 6 nitrogen and oxygen atoms in total. The average Bonchev–Trinajstić information content (AvgIpc) is 2.64. The number of carbonyl (C=O) groups is 2. The first-order valence-corrected chi connectivity index (χ1v) is 8.16. The molecule has 0 aromatic heterocycles. The molecular weight excluding hydrogens is 282 g/mol. The molecular formula is C16H29N3O3. The minimum atomic E-state index is -0.630. The number of piperidine rings is 1. The fraction of sp³-hybridized carbons (Fsp3) is 0.875. The molecule has 0 aliphatic carbocycles. The van der Waals surface area contributed by atoms with Crippen LogP contribution in [-0.2, 0) is 9.53 Å². The van der Waals surface area contributed by atoms with E-state index in [-0.39, 0.29) is 11.9 Å². The normalized spacial score (nSPS) is 23.9. The van der Waals surface area contributed by atoms with E-state index in [9.17, 15) is 9.59 Å². The second-order valence-corrected chi connectivity index (χ2v) is 7.02. The molecule has 1 spiro atoms. The first-order chi connectivity index (χ1) is 10.3. The van der Waals surface area contributed by atoms with E-state index in [1.807, 2.05) is 13.8 Å². The third-order valence-electron chi connectivity index (χ3n) is 5.01. The highest BCUT2D eigenvalue weighted by Crippen LogP contribution is 2.36. The van der Waals surface area contributed by atoms with Gasteiger partial charge >= 0.3 is 6.03 Å². The Balaban J connectivity index is 2.09. The zero-order valence-electron chi connectivity index (χ0n) is 14.5. The number of imide groups is 1. The van der Waals surface area contributed by atoms with Crippen LogP contribution in [0.4, 0.5) is 4.79 Å². The highest BCUT2D eigenvalue weighted by molar-refractivity contribution is 6.07. The number of amides is 3. The molecule has 6 heteroatoms. The second-order valence-electron chi connectivity index (χ2n) is 7.02. The van der Waals surface area contributed by atoms with Crippen molar-refractivity contribution in [3.05, 3.63) is 0 Å². The Kier molecular flexibility index (Phi) is 5.12. The van der Waals surface area contributed by atoms with Crippen LogP contribution in [-0.4, -0.2) is 78.6 Å². The molecule has 0 aromatic carbocycles. The zero-order valence-corrected chi connectivity index (χ0v) is 14.5. The zero-order chi connectivity index (χ0) is 16.5. The van der Waals surface area contributed by atoms with Crippen LogP contribution in [0.1, 0.15) is 33.6 Å². The van der Waals surface area contributed by atoms with E-state index in [0.717, 1.165) is 13.1 Å². The third-order valence-corrected chi connectivity index (χ3v) is 5.01. The average molecular weight is 311 g/mol. The maximum atomic E-state index is 12.9. The van der Waals surface area contributed by atoms with Crippen molar-refractivity contribution >= 4 is 11.9 Å². The van der Waals surface area contributed by atoms with E-state index in [1.54, 1.807) is 19.1 Å². The number of hydrogen-bond acceptors (Lipinski definition) is 4. The minimum Gasteiger partial charge on any atom is -0.383 e. The number of ether oxygens (including phenoxy) is 1. The molecule has 1 atom stereocenters. The van der Waals surface area contributed by atoms with Crippen LogP contribution >= 0.6 is 0 Å². The summed E-state index contributed by atoms with van der Waals surface area (Å²) in [6.07, 6.45) is 1.41. The number of nitrogens with zero attached hydrogens (tertiary/aromatic N) is 3. The van der Waals surface area contributed by atoms with E-state index < -0.39 is 5.54 Å². The molecule has 22 heavy (non-hydrogen) atoms. The predicted octanol–water partition coefficient (Wildman–Crippen LogP) is 1.41. The van der Waals surface area contributed by atoms with Crippen LogP contribution in [0.25, 0.3) is 0 Å². The molecule has 0 N–H and O–H groups in total. The Labute approximate surface area is 133 Å². The second kappa shape index (κ2) is 6.54. The van der Waals surface area contributed by atoms with Crippen molar-refractivity contribution in [1.82, 2.24) is 14.7 Å². The lowest BCUT2D eigenvalue weighted by Crippen LogP contribution is -2.57. The van der Waals surface area contributed by atoms with E-state index in [0.29, 0.717) is 38.0 Å². The molecule has 2 saturated heterocycles. The lowest BCUT2D eigenvalue weighted by atomic mass is 9.85. The minimum absolute atomic E-state index is 0.00672. The summed E-state index contributed by atoms with van der Waals surface area (Å²) in [6, 6.07) is 0.198. The van der Waals surface area contributed by atoms with Gasteiger partial charge in [-0.15, -0.1) is 0 Å². The Morgan fingerprint density at radius 2 is 1.77 bits per heavy atom. The summed E-state index contributed by atoms with van der Waals surface area (Å²) in [5.74, 6) is 0.283. The Bertz CT molecular complexity index is 430. The molecule has 0 bridgehead atoms. The summed E-state index contributed by atoms with van der Waals surface area (Å²) in [4.78, 5) is 30.8. The van der Waals surface area contributed by atoms with Gasteiger partial charge in [-0.1, -0.05) is 13.8 Å². The van der Waals surface area contributed by atoms with Crippen molar-refractivity contribution in [1.29, 1.82) is 0 Å². The molecule has 0 radical (unpaired) electrons. The maximum Gasteiger partial charge on any atom is 0.327 e. The molecule has 3 amide bonds.